The second-order valence-corrected chi connectivity index (χ2v) is 6.52. The van der Waals surface area contributed by atoms with Crippen LogP contribution in [0.3, 0.4) is 0 Å². The zero-order valence-electron chi connectivity index (χ0n) is 10.2. The van der Waals surface area contributed by atoms with Gasteiger partial charge in [0.05, 0.1) is 12.7 Å². The smallest absolute Gasteiger partial charge is 0.0963 e. The quantitative estimate of drug-likeness (QED) is 0.842. The summed E-state index contributed by atoms with van der Waals surface area (Å²) in [6.45, 7) is 1.72. The zero-order valence-corrected chi connectivity index (χ0v) is 12.5. The summed E-state index contributed by atoms with van der Waals surface area (Å²) in [6, 6.07) is 6.66. The average molecular weight is 331 g/mol. The first-order valence-electron chi connectivity index (χ1n) is 6.54. The van der Waals surface area contributed by atoms with Crippen molar-refractivity contribution in [1.82, 2.24) is 5.32 Å². The van der Waals surface area contributed by atoms with Gasteiger partial charge in [-0.15, -0.1) is 0 Å². The van der Waals surface area contributed by atoms with Gasteiger partial charge in [-0.3, -0.25) is 0 Å². The normalized spacial score (nSPS) is 32.0. The Morgan fingerprint density at radius 2 is 2.22 bits per heavy atom. The van der Waals surface area contributed by atoms with Crippen LogP contribution < -0.4 is 5.32 Å². The first kappa shape index (κ1) is 12.9. The van der Waals surface area contributed by atoms with Crippen LogP contribution in [-0.2, 0) is 4.74 Å². The Morgan fingerprint density at radius 3 is 3.06 bits per heavy atom. The van der Waals surface area contributed by atoms with E-state index >= 15 is 0 Å². The maximum Gasteiger partial charge on any atom is 0.0963 e. The summed E-state index contributed by atoms with van der Waals surface area (Å²) in [5.74, 6) is 0.684. The molecule has 1 heterocycles. The molecule has 1 aliphatic heterocycles. The van der Waals surface area contributed by atoms with Crippen molar-refractivity contribution in [2.45, 2.75) is 31.4 Å². The molecule has 1 saturated heterocycles. The summed E-state index contributed by atoms with van der Waals surface area (Å²) in [6.07, 6.45) is 3.99. The SMILES string of the molecule is Clc1cc(Br)ccc1C1CNC2CCCC2CO1. The molecule has 2 aliphatic rings. The fourth-order valence-corrected chi connectivity index (χ4v) is 3.82. The largest absolute Gasteiger partial charge is 0.372 e. The summed E-state index contributed by atoms with van der Waals surface area (Å²) < 4.78 is 7.07. The second-order valence-electron chi connectivity index (χ2n) is 5.19. The standard InChI is InChI=1S/C14H17BrClNO/c15-10-4-5-11(12(16)6-10)14-7-17-13-3-1-2-9(13)8-18-14/h4-6,9,13-14,17H,1-3,7-8H2. The Morgan fingerprint density at radius 1 is 1.33 bits per heavy atom. The highest BCUT2D eigenvalue weighted by Crippen LogP contribution is 2.34. The molecule has 0 radical (unpaired) electrons. The van der Waals surface area contributed by atoms with Crippen LogP contribution in [0.5, 0.6) is 0 Å². The van der Waals surface area contributed by atoms with Gasteiger partial charge in [0.2, 0.25) is 0 Å². The number of ether oxygens (including phenoxy) is 1. The lowest BCUT2D eigenvalue weighted by Crippen LogP contribution is -2.32. The maximum atomic E-state index is 6.30. The number of hydrogen-bond acceptors (Lipinski definition) is 2. The predicted octanol–water partition coefficient (Wildman–Crippen LogP) is 3.93. The van der Waals surface area contributed by atoms with Crippen LogP contribution in [0.4, 0.5) is 0 Å². The summed E-state index contributed by atoms with van der Waals surface area (Å²) >= 11 is 9.73. The molecule has 1 aromatic carbocycles. The van der Waals surface area contributed by atoms with Crippen LogP contribution in [0.2, 0.25) is 5.02 Å². The molecule has 2 nitrogen and oxygen atoms in total. The van der Waals surface area contributed by atoms with E-state index in [0.717, 1.165) is 28.2 Å². The van der Waals surface area contributed by atoms with Gasteiger partial charge in [-0.05, 0) is 30.9 Å². The minimum absolute atomic E-state index is 0.0798. The molecular weight excluding hydrogens is 314 g/mol. The Kier molecular flexibility index (Phi) is 3.94. The molecule has 3 unspecified atom stereocenters. The first-order chi connectivity index (χ1) is 8.74. The highest BCUT2D eigenvalue weighted by atomic mass is 79.9. The Balaban J connectivity index is 1.76. The van der Waals surface area contributed by atoms with E-state index in [-0.39, 0.29) is 6.10 Å². The van der Waals surface area contributed by atoms with Crippen LogP contribution in [0.25, 0.3) is 0 Å². The first-order valence-corrected chi connectivity index (χ1v) is 7.71. The van der Waals surface area contributed by atoms with Crippen molar-refractivity contribution in [2.75, 3.05) is 13.2 Å². The van der Waals surface area contributed by atoms with Crippen molar-refractivity contribution in [3.05, 3.63) is 33.3 Å². The van der Waals surface area contributed by atoms with E-state index in [9.17, 15) is 0 Å². The molecule has 2 fully saturated rings. The minimum atomic E-state index is 0.0798. The molecule has 0 aromatic heterocycles. The highest BCUT2D eigenvalue weighted by Gasteiger charge is 2.32. The number of halogens is 2. The van der Waals surface area contributed by atoms with Crippen molar-refractivity contribution >= 4 is 27.5 Å². The Bertz CT molecular complexity index is 426. The Hall–Kier alpha value is -0.0900. The van der Waals surface area contributed by atoms with E-state index < -0.39 is 0 Å². The van der Waals surface area contributed by atoms with E-state index in [2.05, 4.69) is 27.3 Å². The number of nitrogens with one attached hydrogen (secondary N) is 1. The zero-order chi connectivity index (χ0) is 12.5. The number of benzene rings is 1. The third-order valence-electron chi connectivity index (χ3n) is 4.05. The van der Waals surface area contributed by atoms with Gasteiger partial charge in [0.15, 0.2) is 0 Å². The maximum absolute atomic E-state index is 6.30. The van der Waals surface area contributed by atoms with Gasteiger partial charge in [0, 0.05) is 27.6 Å². The van der Waals surface area contributed by atoms with Gasteiger partial charge in [0.1, 0.15) is 0 Å². The second kappa shape index (κ2) is 5.49. The molecule has 3 rings (SSSR count). The number of rotatable bonds is 1. The molecule has 1 saturated carbocycles. The summed E-state index contributed by atoms with van der Waals surface area (Å²) in [5.41, 5.74) is 1.09. The summed E-state index contributed by atoms with van der Waals surface area (Å²) in [4.78, 5) is 0. The summed E-state index contributed by atoms with van der Waals surface area (Å²) in [7, 11) is 0. The van der Waals surface area contributed by atoms with Gasteiger partial charge in [0.25, 0.3) is 0 Å². The van der Waals surface area contributed by atoms with Crippen molar-refractivity contribution in [3.63, 3.8) is 0 Å². The van der Waals surface area contributed by atoms with Gasteiger partial charge < -0.3 is 10.1 Å². The lowest BCUT2D eigenvalue weighted by Gasteiger charge is -2.17. The third kappa shape index (κ3) is 2.60. The van der Waals surface area contributed by atoms with E-state index in [1.165, 1.54) is 19.3 Å². The molecular formula is C14H17BrClNO. The van der Waals surface area contributed by atoms with Gasteiger partial charge in [-0.25, -0.2) is 0 Å². The van der Waals surface area contributed by atoms with Crippen LogP contribution in [0, 0.1) is 5.92 Å². The molecule has 1 aliphatic carbocycles. The molecule has 0 spiro atoms. The molecule has 98 valence electrons. The van der Waals surface area contributed by atoms with Crippen LogP contribution in [-0.4, -0.2) is 19.2 Å². The van der Waals surface area contributed by atoms with E-state index in [1.54, 1.807) is 0 Å². The highest BCUT2D eigenvalue weighted by molar-refractivity contribution is 9.10. The van der Waals surface area contributed by atoms with Crippen LogP contribution in [0.15, 0.2) is 22.7 Å². The molecule has 1 N–H and O–H groups in total. The molecule has 18 heavy (non-hydrogen) atoms. The average Bonchev–Trinajstić information content (AvgIpc) is 2.70. The molecule has 3 atom stereocenters. The monoisotopic (exact) mass is 329 g/mol. The fraction of sp³-hybridized carbons (Fsp3) is 0.571. The molecule has 4 heteroatoms. The lowest BCUT2D eigenvalue weighted by atomic mass is 10.1. The predicted molar refractivity (Wildman–Crippen MR) is 77.0 cm³/mol. The van der Waals surface area contributed by atoms with Crippen molar-refractivity contribution in [3.8, 4) is 0 Å². The molecule has 0 amide bonds. The lowest BCUT2D eigenvalue weighted by molar-refractivity contribution is 0.0474. The van der Waals surface area contributed by atoms with E-state index in [1.807, 2.05) is 12.1 Å². The number of hydrogen-bond donors (Lipinski definition) is 1. The Labute approximate surface area is 121 Å². The number of fused-ring (bicyclic) bond motifs is 1. The van der Waals surface area contributed by atoms with Crippen molar-refractivity contribution < 1.29 is 4.74 Å². The topological polar surface area (TPSA) is 21.3 Å². The van der Waals surface area contributed by atoms with Crippen molar-refractivity contribution in [1.29, 1.82) is 0 Å². The molecule has 0 bridgehead atoms. The summed E-state index contributed by atoms with van der Waals surface area (Å²) in [5, 5.41) is 4.42. The fourth-order valence-electron chi connectivity index (χ4n) is 3.02. The van der Waals surface area contributed by atoms with Crippen LogP contribution >= 0.6 is 27.5 Å². The van der Waals surface area contributed by atoms with Gasteiger partial charge >= 0.3 is 0 Å². The third-order valence-corrected chi connectivity index (χ3v) is 4.87. The van der Waals surface area contributed by atoms with Crippen LogP contribution in [0.1, 0.15) is 30.9 Å². The van der Waals surface area contributed by atoms with Gasteiger partial charge in [-0.1, -0.05) is 40.0 Å². The van der Waals surface area contributed by atoms with Crippen molar-refractivity contribution in [2.24, 2.45) is 5.92 Å². The minimum Gasteiger partial charge on any atom is -0.372 e. The molecule has 1 aromatic rings. The van der Waals surface area contributed by atoms with Gasteiger partial charge in [-0.2, -0.15) is 0 Å². The van der Waals surface area contributed by atoms with E-state index in [0.29, 0.717) is 12.0 Å². The van der Waals surface area contributed by atoms with E-state index in [4.69, 9.17) is 16.3 Å².